The standard InChI is InChI=1S/C18H13ClO/c19-16-9-6-14(7-10-16)17-12-15(8-11-18(17)20)13-4-2-1-3-5-13/h1-12,20H. The molecule has 20 heavy (non-hydrogen) atoms. The van der Waals surface area contributed by atoms with E-state index in [1.807, 2.05) is 54.6 Å². The number of halogens is 1. The zero-order valence-corrected chi connectivity index (χ0v) is 11.5. The molecule has 0 aliphatic carbocycles. The molecule has 0 bridgehead atoms. The molecule has 0 spiro atoms. The highest BCUT2D eigenvalue weighted by molar-refractivity contribution is 6.30. The second-order valence-electron chi connectivity index (χ2n) is 4.60. The van der Waals surface area contributed by atoms with E-state index in [2.05, 4.69) is 12.1 Å². The first-order valence-electron chi connectivity index (χ1n) is 6.38. The molecular weight excluding hydrogens is 268 g/mol. The van der Waals surface area contributed by atoms with Crippen molar-refractivity contribution in [3.05, 3.63) is 77.8 Å². The molecule has 3 aromatic rings. The molecule has 0 fully saturated rings. The summed E-state index contributed by atoms with van der Waals surface area (Å²) in [5, 5.41) is 10.8. The van der Waals surface area contributed by atoms with Gasteiger partial charge >= 0.3 is 0 Å². The highest BCUT2D eigenvalue weighted by atomic mass is 35.5. The third kappa shape index (κ3) is 2.54. The van der Waals surface area contributed by atoms with Crippen LogP contribution in [0.5, 0.6) is 5.75 Å². The average Bonchev–Trinajstić information content (AvgIpc) is 2.50. The van der Waals surface area contributed by atoms with Gasteiger partial charge < -0.3 is 5.11 Å². The largest absolute Gasteiger partial charge is 0.507 e. The number of rotatable bonds is 2. The average molecular weight is 281 g/mol. The predicted octanol–water partition coefficient (Wildman–Crippen LogP) is 5.38. The molecule has 0 amide bonds. The highest BCUT2D eigenvalue weighted by Gasteiger charge is 2.06. The van der Waals surface area contributed by atoms with Gasteiger partial charge in [0.1, 0.15) is 5.75 Å². The van der Waals surface area contributed by atoms with Crippen molar-refractivity contribution >= 4 is 11.6 Å². The van der Waals surface area contributed by atoms with Crippen LogP contribution in [0.25, 0.3) is 22.3 Å². The van der Waals surface area contributed by atoms with Gasteiger partial charge in [-0.05, 0) is 41.0 Å². The van der Waals surface area contributed by atoms with Crippen LogP contribution in [0.1, 0.15) is 0 Å². The molecule has 0 radical (unpaired) electrons. The van der Waals surface area contributed by atoms with Gasteiger partial charge in [0.25, 0.3) is 0 Å². The Labute approximate surface area is 123 Å². The quantitative estimate of drug-likeness (QED) is 0.668. The highest BCUT2D eigenvalue weighted by Crippen LogP contribution is 2.33. The van der Waals surface area contributed by atoms with Gasteiger partial charge in [0, 0.05) is 10.6 Å². The van der Waals surface area contributed by atoms with E-state index in [0.717, 1.165) is 22.3 Å². The van der Waals surface area contributed by atoms with E-state index in [9.17, 15) is 5.11 Å². The van der Waals surface area contributed by atoms with Crippen LogP contribution in [0, 0.1) is 0 Å². The van der Waals surface area contributed by atoms with Gasteiger partial charge in [-0.3, -0.25) is 0 Å². The first-order valence-corrected chi connectivity index (χ1v) is 6.76. The number of aromatic hydroxyl groups is 1. The van der Waals surface area contributed by atoms with Crippen LogP contribution in [0.3, 0.4) is 0 Å². The normalized spacial score (nSPS) is 10.4. The van der Waals surface area contributed by atoms with E-state index >= 15 is 0 Å². The molecule has 1 nitrogen and oxygen atoms in total. The second-order valence-corrected chi connectivity index (χ2v) is 5.04. The van der Waals surface area contributed by atoms with Gasteiger partial charge in [-0.2, -0.15) is 0 Å². The fourth-order valence-corrected chi connectivity index (χ4v) is 2.33. The lowest BCUT2D eigenvalue weighted by Crippen LogP contribution is -1.82. The molecule has 0 unspecified atom stereocenters. The summed E-state index contributed by atoms with van der Waals surface area (Å²) in [4.78, 5) is 0. The van der Waals surface area contributed by atoms with Crippen LogP contribution in [0.2, 0.25) is 5.02 Å². The van der Waals surface area contributed by atoms with E-state index < -0.39 is 0 Å². The summed E-state index contributed by atoms with van der Waals surface area (Å²) in [6, 6.07) is 23.2. The van der Waals surface area contributed by atoms with Crippen molar-refractivity contribution in [2.75, 3.05) is 0 Å². The second kappa shape index (κ2) is 5.40. The lowest BCUT2D eigenvalue weighted by Gasteiger charge is -2.08. The maximum absolute atomic E-state index is 10.1. The van der Waals surface area contributed by atoms with E-state index in [0.29, 0.717) is 5.02 Å². The molecule has 0 saturated heterocycles. The van der Waals surface area contributed by atoms with Gasteiger partial charge in [0.15, 0.2) is 0 Å². The van der Waals surface area contributed by atoms with Crippen LogP contribution < -0.4 is 0 Å². The monoisotopic (exact) mass is 280 g/mol. The first-order chi connectivity index (χ1) is 9.74. The summed E-state index contributed by atoms with van der Waals surface area (Å²) in [5.41, 5.74) is 3.96. The van der Waals surface area contributed by atoms with Crippen LogP contribution >= 0.6 is 11.6 Å². The van der Waals surface area contributed by atoms with Gasteiger partial charge in [0.2, 0.25) is 0 Å². The Morgan fingerprint density at radius 2 is 1.30 bits per heavy atom. The minimum atomic E-state index is 0.270. The number of phenols is 1. The summed E-state index contributed by atoms with van der Waals surface area (Å²) in [6.07, 6.45) is 0. The van der Waals surface area contributed by atoms with Crippen molar-refractivity contribution in [3.8, 4) is 28.0 Å². The summed E-state index contributed by atoms with van der Waals surface area (Å²) in [5.74, 6) is 0.270. The third-order valence-corrected chi connectivity index (χ3v) is 3.51. The molecule has 1 N–H and O–H groups in total. The van der Waals surface area contributed by atoms with Gasteiger partial charge in [-0.25, -0.2) is 0 Å². The Morgan fingerprint density at radius 1 is 0.650 bits per heavy atom. The smallest absolute Gasteiger partial charge is 0.123 e. The molecule has 3 rings (SSSR count). The summed E-state index contributed by atoms with van der Waals surface area (Å²) in [7, 11) is 0. The molecule has 0 aliphatic rings. The summed E-state index contributed by atoms with van der Waals surface area (Å²) in [6.45, 7) is 0. The topological polar surface area (TPSA) is 20.2 Å². The lowest BCUT2D eigenvalue weighted by atomic mass is 9.98. The number of hydrogen-bond acceptors (Lipinski definition) is 1. The Hall–Kier alpha value is -2.25. The fourth-order valence-electron chi connectivity index (χ4n) is 2.21. The van der Waals surface area contributed by atoms with Gasteiger partial charge in [0.05, 0.1) is 0 Å². The molecule has 3 aromatic carbocycles. The van der Waals surface area contributed by atoms with Gasteiger partial charge in [-0.15, -0.1) is 0 Å². The molecule has 98 valence electrons. The predicted molar refractivity (Wildman–Crippen MR) is 84.0 cm³/mol. The van der Waals surface area contributed by atoms with Gasteiger partial charge in [-0.1, -0.05) is 60.1 Å². The molecule has 2 heteroatoms. The van der Waals surface area contributed by atoms with Crippen molar-refractivity contribution in [3.63, 3.8) is 0 Å². The molecule has 0 aromatic heterocycles. The molecule has 0 aliphatic heterocycles. The van der Waals surface area contributed by atoms with Crippen LogP contribution in [0.15, 0.2) is 72.8 Å². The Kier molecular flexibility index (Phi) is 3.44. The van der Waals surface area contributed by atoms with Crippen molar-refractivity contribution in [1.82, 2.24) is 0 Å². The Balaban J connectivity index is 2.10. The molecule has 0 saturated carbocycles. The zero-order valence-electron chi connectivity index (χ0n) is 10.8. The number of phenolic OH excluding ortho intramolecular Hbond substituents is 1. The maximum atomic E-state index is 10.1. The van der Waals surface area contributed by atoms with E-state index in [4.69, 9.17) is 11.6 Å². The minimum Gasteiger partial charge on any atom is -0.507 e. The van der Waals surface area contributed by atoms with E-state index in [1.54, 1.807) is 6.07 Å². The van der Waals surface area contributed by atoms with E-state index in [1.165, 1.54) is 0 Å². The third-order valence-electron chi connectivity index (χ3n) is 3.26. The first kappa shape index (κ1) is 12.8. The van der Waals surface area contributed by atoms with Crippen molar-refractivity contribution in [2.45, 2.75) is 0 Å². The summed E-state index contributed by atoms with van der Waals surface area (Å²) >= 11 is 5.90. The van der Waals surface area contributed by atoms with E-state index in [-0.39, 0.29) is 5.75 Å². The minimum absolute atomic E-state index is 0.270. The fraction of sp³-hybridized carbons (Fsp3) is 0. The van der Waals surface area contributed by atoms with Crippen LogP contribution in [-0.4, -0.2) is 5.11 Å². The Morgan fingerprint density at radius 3 is 2.00 bits per heavy atom. The Bertz CT molecular complexity index is 718. The molecule has 0 heterocycles. The van der Waals surface area contributed by atoms with Crippen LogP contribution in [0.4, 0.5) is 0 Å². The number of benzene rings is 3. The molecular formula is C18H13ClO. The van der Waals surface area contributed by atoms with Crippen molar-refractivity contribution in [1.29, 1.82) is 0 Å². The number of hydrogen-bond donors (Lipinski definition) is 1. The lowest BCUT2D eigenvalue weighted by molar-refractivity contribution is 0.477. The maximum Gasteiger partial charge on any atom is 0.123 e. The zero-order chi connectivity index (χ0) is 13.9. The summed E-state index contributed by atoms with van der Waals surface area (Å²) < 4.78 is 0. The van der Waals surface area contributed by atoms with Crippen LogP contribution in [-0.2, 0) is 0 Å². The van der Waals surface area contributed by atoms with Crippen molar-refractivity contribution in [2.24, 2.45) is 0 Å². The molecule has 0 atom stereocenters. The van der Waals surface area contributed by atoms with Crippen molar-refractivity contribution < 1.29 is 5.11 Å². The SMILES string of the molecule is Oc1ccc(-c2ccccc2)cc1-c1ccc(Cl)cc1.